The molecule has 156 valence electrons. The summed E-state index contributed by atoms with van der Waals surface area (Å²) in [5.41, 5.74) is 0.773. The highest BCUT2D eigenvalue weighted by Gasteiger charge is 2.23. The van der Waals surface area contributed by atoms with E-state index in [-0.39, 0.29) is 5.91 Å². The van der Waals surface area contributed by atoms with Crippen LogP contribution in [0.25, 0.3) is 0 Å². The molecule has 0 aliphatic carbocycles. The van der Waals surface area contributed by atoms with Gasteiger partial charge in [0.05, 0.1) is 17.1 Å². The first-order valence-electron chi connectivity index (χ1n) is 9.53. The maximum Gasteiger partial charge on any atom is 0.228 e. The average molecular weight is 463 g/mol. The van der Waals surface area contributed by atoms with Crippen LogP contribution in [0.2, 0.25) is 10.0 Å². The fourth-order valence-electron chi connectivity index (χ4n) is 3.22. The lowest BCUT2D eigenvalue weighted by molar-refractivity contribution is -0.130. The minimum atomic E-state index is 0.0808. The Morgan fingerprint density at radius 1 is 1.10 bits per heavy atom. The largest absolute Gasteiger partial charge is 0.486 e. The summed E-state index contributed by atoms with van der Waals surface area (Å²) in [6.45, 7) is 3.06. The van der Waals surface area contributed by atoms with E-state index in [1.54, 1.807) is 18.3 Å². The molecule has 0 N–H and O–H groups in total. The first kappa shape index (κ1) is 20.9. The SMILES string of the molecule is O=C(Cc1csc(COc2ccc(Cl)cc2)n1)N1CCN(c2ncccc2Cl)CC1. The van der Waals surface area contributed by atoms with Crippen LogP contribution in [0.4, 0.5) is 5.82 Å². The number of thiazole rings is 1. The van der Waals surface area contributed by atoms with Crippen molar-refractivity contribution < 1.29 is 9.53 Å². The zero-order chi connectivity index (χ0) is 20.9. The Hall–Kier alpha value is -2.35. The van der Waals surface area contributed by atoms with Crippen LogP contribution in [0.5, 0.6) is 5.75 Å². The molecule has 1 fully saturated rings. The molecule has 0 bridgehead atoms. The minimum Gasteiger partial charge on any atom is -0.486 e. The van der Waals surface area contributed by atoms with Gasteiger partial charge in [0.15, 0.2) is 0 Å². The lowest BCUT2D eigenvalue weighted by atomic mass is 10.2. The van der Waals surface area contributed by atoms with Gasteiger partial charge in [-0.1, -0.05) is 23.2 Å². The third-order valence-corrected chi connectivity index (χ3v) is 6.20. The van der Waals surface area contributed by atoms with Crippen molar-refractivity contribution in [2.45, 2.75) is 13.0 Å². The lowest BCUT2D eigenvalue weighted by Gasteiger charge is -2.35. The highest BCUT2D eigenvalue weighted by Crippen LogP contribution is 2.23. The number of hydrogen-bond acceptors (Lipinski definition) is 6. The molecule has 0 unspecified atom stereocenters. The van der Waals surface area contributed by atoms with Crippen molar-refractivity contribution in [1.82, 2.24) is 14.9 Å². The monoisotopic (exact) mass is 462 g/mol. The van der Waals surface area contributed by atoms with E-state index in [4.69, 9.17) is 27.9 Å². The summed E-state index contributed by atoms with van der Waals surface area (Å²) < 4.78 is 5.72. The zero-order valence-electron chi connectivity index (χ0n) is 16.1. The fourth-order valence-corrected chi connectivity index (χ4v) is 4.29. The first-order valence-corrected chi connectivity index (χ1v) is 11.2. The van der Waals surface area contributed by atoms with Crippen molar-refractivity contribution in [3.8, 4) is 5.75 Å². The number of pyridine rings is 1. The van der Waals surface area contributed by atoms with Gasteiger partial charge in [-0.15, -0.1) is 11.3 Å². The summed E-state index contributed by atoms with van der Waals surface area (Å²) in [5.74, 6) is 1.59. The third-order valence-electron chi connectivity index (χ3n) is 4.78. The molecule has 0 atom stereocenters. The molecule has 1 aliphatic rings. The van der Waals surface area contributed by atoms with Crippen LogP contribution in [-0.2, 0) is 17.8 Å². The maximum atomic E-state index is 12.7. The predicted molar refractivity (Wildman–Crippen MR) is 120 cm³/mol. The molecule has 1 amide bonds. The van der Waals surface area contributed by atoms with E-state index in [1.165, 1.54) is 11.3 Å². The minimum absolute atomic E-state index is 0.0808. The van der Waals surface area contributed by atoms with Crippen molar-refractivity contribution in [3.63, 3.8) is 0 Å². The molecule has 1 aliphatic heterocycles. The van der Waals surface area contributed by atoms with Gasteiger partial charge >= 0.3 is 0 Å². The number of benzene rings is 1. The molecule has 30 heavy (non-hydrogen) atoms. The number of anilines is 1. The number of amides is 1. The summed E-state index contributed by atoms with van der Waals surface area (Å²) in [7, 11) is 0. The molecule has 6 nitrogen and oxygen atoms in total. The zero-order valence-corrected chi connectivity index (χ0v) is 18.5. The molecular weight excluding hydrogens is 443 g/mol. The van der Waals surface area contributed by atoms with Crippen LogP contribution < -0.4 is 9.64 Å². The summed E-state index contributed by atoms with van der Waals surface area (Å²) in [6, 6.07) is 10.8. The molecule has 0 spiro atoms. The van der Waals surface area contributed by atoms with Gasteiger partial charge in [0.1, 0.15) is 23.2 Å². The number of rotatable bonds is 6. The number of nitrogens with zero attached hydrogens (tertiary/aromatic N) is 4. The third kappa shape index (κ3) is 5.22. The summed E-state index contributed by atoms with van der Waals surface area (Å²) in [4.78, 5) is 25.6. The average Bonchev–Trinajstić information content (AvgIpc) is 3.21. The summed E-state index contributed by atoms with van der Waals surface area (Å²) in [5, 5.41) is 4.05. The molecular formula is C21H20Cl2N4O2S. The van der Waals surface area contributed by atoms with Crippen molar-refractivity contribution in [2.24, 2.45) is 0 Å². The van der Waals surface area contributed by atoms with Crippen molar-refractivity contribution >= 4 is 46.3 Å². The number of carbonyl (C=O) groups is 1. The predicted octanol–water partition coefficient (Wildman–Crippen LogP) is 4.32. The van der Waals surface area contributed by atoms with Crippen LogP contribution in [0, 0.1) is 0 Å². The Bertz CT molecular complexity index is 1000. The standard InChI is InChI=1S/C21H20Cl2N4O2S/c22-15-3-5-17(6-4-15)29-13-19-25-16(14-30-19)12-20(28)26-8-10-27(11-9-26)21-18(23)2-1-7-24-21/h1-7,14H,8-13H2. The van der Waals surface area contributed by atoms with Gasteiger partial charge in [0, 0.05) is 42.8 Å². The second-order valence-electron chi connectivity index (χ2n) is 6.83. The number of halogens is 2. The summed E-state index contributed by atoms with van der Waals surface area (Å²) in [6.07, 6.45) is 2.02. The normalized spacial score (nSPS) is 14.1. The van der Waals surface area contributed by atoms with E-state index in [0.717, 1.165) is 22.3 Å². The van der Waals surface area contributed by atoms with Crippen LogP contribution in [0.15, 0.2) is 48.0 Å². The number of piperazine rings is 1. The first-order chi connectivity index (χ1) is 14.6. The van der Waals surface area contributed by atoms with E-state index in [2.05, 4.69) is 14.9 Å². The Kier molecular flexibility index (Phi) is 6.72. The van der Waals surface area contributed by atoms with Gasteiger partial charge in [0.25, 0.3) is 0 Å². The molecule has 0 radical (unpaired) electrons. The Morgan fingerprint density at radius 3 is 2.60 bits per heavy atom. The molecule has 2 aromatic heterocycles. The van der Waals surface area contributed by atoms with Gasteiger partial charge in [0.2, 0.25) is 5.91 Å². The second-order valence-corrected chi connectivity index (χ2v) is 8.61. The molecule has 1 saturated heterocycles. The van der Waals surface area contributed by atoms with Crippen LogP contribution in [-0.4, -0.2) is 47.0 Å². The van der Waals surface area contributed by atoms with E-state index < -0.39 is 0 Å². The maximum absolute atomic E-state index is 12.7. The molecule has 1 aromatic carbocycles. The van der Waals surface area contributed by atoms with E-state index in [1.807, 2.05) is 34.5 Å². The Balaban J connectivity index is 1.26. The molecule has 9 heteroatoms. The Labute approximate surface area is 189 Å². The van der Waals surface area contributed by atoms with Crippen molar-refractivity contribution in [1.29, 1.82) is 0 Å². The fraction of sp³-hybridized carbons (Fsp3) is 0.286. The highest BCUT2D eigenvalue weighted by atomic mass is 35.5. The molecule has 3 aromatic rings. The Morgan fingerprint density at radius 2 is 1.87 bits per heavy atom. The topological polar surface area (TPSA) is 58.6 Å². The van der Waals surface area contributed by atoms with Gasteiger partial charge in [-0.3, -0.25) is 4.79 Å². The van der Waals surface area contributed by atoms with Gasteiger partial charge < -0.3 is 14.5 Å². The highest BCUT2D eigenvalue weighted by molar-refractivity contribution is 7.09. The van der Waals surface area contributed by atoms with E-state index >= 15 is 0 Å². The second kappa shape index (κ2) is 9.64. The number of aromatic nitrogens is 2. The lowest BCUT2D eigenvalue weighted by Crippen LogP contribution is -2.49. The smallest absolute Gasteiger partial charge is 0.228 e. The quantitative estimate of drug-likeness (QED) is 0.545. The van der Waals surface area contributed by atoms with Crippen molar-refractivity contribution in [3.05, 3.63) is 68.7 Å². The number of ether oxygens (including phenoxy) is 1. The van der Waals surface area contributed by atoms with E-state index in [0.29, 0.717) is 49.3 Å². The molecule has 0 saturated carbocycles. The van der Waals surface area contributed by atoms with Gasteiger partial charge in [-0.2, -0.15) is 0 Å². The van der Waals surface area contributed by atoms with Gasteiger partial charge in [-0.05, 0) is 36.4 Å². The van der Waals surface area contributed by atoms with Crippen LogP contribution >= 0.6 is 34.5 Å². The number of hydrogen-bond donors (Lipinski definition) is 0. The van der Waals surface area contributed by atoms with E-state index in [9.17, 15) is 4.79 Å². The molecule has 4 rings (SSSR count). The van der Waals surface area contributed by atoms with Crippen LogP contribution in [0.1, 0.15) is 10.7 Å². The number of carbonyl (C=O) groups excluding carboxylic acids is 1. The van der Waals surface area contributed by atoms with Crippen molar-refractivity contribution in [2.75, 3.05) is 31.1 Å². The molecule has 3 heterocycles. The summed E-state index contributed by atoms with van der Waals surface area (Å²) >= 11 is 13.6. The van der Waals surface area contributed by atoms with Crippen LogP contribution in [0.3, 0.4) is 0 Å². The van der Waals surface area contributed by atoms with Gasteiger partial charge in [-0.25, -0.2) is 9.97 Å².